The van der Waals surface area contributed by atoms with Crippen LogP contribution in [-0.2, 0) is 0 Å². The number of hydrogen-bond acceptors (Lipinski definition) is 6. The molecule has 0 saturated carbocycles. The van der Waals surface area contributed by atoms with Gasteiger partial charge in [0.2, 0.25) is 0 Å². The fourth-order valence-corrected chi connectivity index (χ4v) is 2.86. The van der Waals surface area contributed by atoms with E-state index >= 15 is 0 Å². The van der Waals surface area contributed by atoms with Gasteiger partial charge in [-0.1, -0.05) is 18.3 Å². The van der Waals surface area contributed by atoms with Crippen LogP contribution in [0, 0.1) is 0 Å². The highest BCUT2D eigenvalue weighted by molar-refractivity contribution is 7.05. The van der Waals surface area contributed by atoms with Crippen molar-refractivity contribution in [1.29, 1.82) is 0 Å². The van der Waals surface area contributed by atoms with E-state index in [4.69, 9.17) is 15.2 Å². The maximum atomic E-state index is 6.38. The Hall–Kier alpha value is -1.66. The monoisotopic (exact) mass is 293 g/mol. The molecule has 0 aliphatic rings. The summed E-state index contributed by atoms with van der Waals surface area (Å²) in [6, 6.07) is 5.33. The zero-order valence-electron chi connectivity index (χ0n) is 12.1. The van der Waals surface area contributed by atoms with Gasteiger partial charge in [0.05, 0.1) is 30.8 Å². The molecule has 2 rings (SSSR count). The van der Waals surface area contributed by atoms with Gasteiger partial charge in [-0.3, -0.25) is 0 Å². The molecule has 1 unspecified atom stereocenters. The molecule has 0 amide bonds. The van der Waals surface area contributed by atoms with E-state index in [1.165, 1.54) is 11.5 Å². The highest BCUT2D eigenvalue weighted by Crippen LogP contribution is 2.35. The SMILES string of the molecule is COc1ccc(C(N)c2snnc2C(C)C)c(OC)c1. The standard InChI is InChI=1S/C14H19N3O2S/c1-8(2)13-14(20-17-16-13)12(15)10-6-5-9(18-3)7-11(10)19-4/h5-8,12H,15H2,1-4H3. The molecule has 1 aromatic carbocycles. The molecule has 1 atom stereocenters. The largest absolute Gasteiger partial charge is 0.497 e. The molecule has 5 nitrogen and oxygen atoms in total. The van der Waals surface area contributed by atoms with Crippen LogP contribution < -0.4 is 15.2 Å². The topological polar surface area (TPSA) is 70.3 Å². The van der Waals surface area contributed by atoms with Gasteiger partial charge >= 0.3 is 0 Å². The van der Waals surface area contributed by atoms with Crippen molar-refractivity contribution in [3.05, 3.63) is 34.3 Å². The molecule has 0 bridgehead atoms. The first-order valence-electron chi connectivity index (χ1n) is 6.38. The van der Waals surface area contributed by atoms with Crippen molar-refractivity contribution >= 4 is 11.5 Å². The van der Waals surface area contributed by atoms with Crippen molar-refractivity contribution in [2.24, 2.45) is 5.73 Å². The van der Waals surface area contributed by atoms with Gasteiger partial charge in [-0.25, -0.2) is 0 Å². The fraction of sp³-hybridized carbons (Fsp3) is 0.429. The molecule has 0 radical (unpaired) electrons. The molecule has 1 heterocycles. The molecular formula is C14H19N3O2S. The van der Waals surface area contributed by atoms with E-state index in [0.717, 1.165) is 21.9 Å². The molecule has 0 aliphatic carbocycles. The van der Waals surface area contributed by atoms with Gasteiger partial charge in [0.15, 0.2) is 0 Å². The zero-order valence-corrected chi connectivity index (χ0v) is 12.9. The Bertz CT molecular complexity index is 584. The second kappa shape index (κ2) is 6.19. The zero-order chi connectivity index (χ0) is 14.7. The van der Waals surface area contributed by atoms with Crippen molar-refractivity contribution in [3.8, 4) is 11.5 Å². The van der Waals surface area contributed by atoms with Crippen molar-refractivity contribution in [2.45, 2.75) is 25.8 Å². The van der Waals surface area contributed by atoms with E-state index in [0.29, 0.717) is 11.7 Å². The summed E-state index contributed by atoms with van der Waals surface area (Å²) in [7, 11) is 3.25. The van der Waals surface area contributed by atoms with Crippen LogP contribution in [0.5, 0.6) is 11.5 Å². The lowest BCUT2D eigenvalue weighted by Gasteiger charge is -2.16. The molecule has 2 aromatic rings. The maximum absolute atomic E-state index is 6.38. The van der Waals surface area contributed by atoms with Crippen molar-refractivity contribution in [2.75, 3.05) is 14.2 Å². The lowest BCUT2D eigenvalue weighted by molar-refractivity contribution is 0.390. The Morgan fingerprint density at radius 3 is 2.55 bits per heavy atom. The van der Waals surface area contributed by atoms with Gasteiger partial charge in [0.25, 0.3) is 0 Å². The third kappa shape index (κ3) is 2.76. The van der Waals surface area contributed by atoms with Crippen molar-refractivity contribution in [3.63, 3.8) is 0 Å². The first-order valence-corrected chi connectivity index (χ1v) is 7.15. The number of ether oxygens (including phenoxy) is 2. The van der Waals surface area contributed by atoms with Crippen LogP contribution in [0.2, 0.25) is 0 Å². The number of benzene rings is 1. The number of aromatic nitrogens is 2. The van der Waals surface area contributed by atoms with Gasteiger partial charge in [-0.2, -0.15) is 0 Å². The van der Waals surface area contributed by atoms with Crippen molar-refractivity contribution < 1.29 is 9.47 Å². The Kier molecular flexibility index (Phi) is 4.57. The quantitative estimate of drug-likeness (QED) is 0.918. The fourth-order valence-electron chi connectivity index (χ4n) is 2.04. The number of nitrogens with zero attached hydrogens (tertiary/aromatic N) is 2. The highest BCUT2D eigenvalue weighted by Gasteiger charge is 2.22. The van der Waals surface area contributed by atoms with E-state index in [2.05, 4.69) is 23.4 Å². The smallest absolute Gasteiger partial charge is 0.127 e. The first-order chi connectivity index (χ1) is 9.58. The van der Waals surface area contributed by atoms with E-state index < -0.39 is 0 Å². The second-order valence-electron chi connectivity index (χ2n) is 4.76. The second-order valence-corrected chi connectivity index (χ2v) is 5.55. The van der Waals surface area contributed by atoms with Gasteiger partial charge in [0.1, 0.15) is 11.5 Å². The van der Waals surface area contributed by atoms with Crippen LogP contribution >= 0.6 is 11.5 Å². The number of methoxy groups -OCH3 is 2. The average Bonchev–Trinajstić information content (AvgIpc) is 2.95. The van der Waals surface area contributed by atoms with Crippen molar-refractivity contribution in [1.82, 2.24) is 9.59 Å². The Balaban J connectivity index is 2.42. The predicted octanol–water partition coefficient (Wildman–Crippen LogP) is 2.73. The van der Waals surface area contributed by atoms with Crippen LogP contribution in [0.3, 0.4) is 0 Å². The average molecular weight is 293 g/mol. The van der Waals surface area contributed by atoms with Crippen LogP contribution in [0.25, 0.3) is 0 Å². The Morgan fingerprint density at radius 2 is 1.95 bits per heavy atom. The minimum absolute atomic E-state index is 0.291. The molecule has 0 spiro atoms. The summed E-state index contributed by atoms with van der Waals surface area (Å²) in [4.78, 5) is 0.975. The normalized spacial score (nSPS) is 12.5. The van der Waals surface area contributed by atoms with E-state index in [1.54, 1.807) is 14.2 Å². The predicted molar refractivity (Wildman–Crippen MR) is 79.6 cm³/mol. The molecule has 0 saturated heterocycles. The summed E-state index contributed by atoms with van der Waals surface area (Å²) in [6.45, 7) is 4.16. The molecule has 2 N–H and O–H groups in total. The van der Waals surface area contributed by atoms with Gasteiger partial charge < -0.3 is 15.2 Å². The summed E-state index contributed by atoms with van der Waals surface area (Å²) in [6.07, 6.45) is 0. The van der Waals surface area contributed by atoms with Crippen LogP contribution in [0.1, 0.15) is 41.9 Å². The summed E-state index contributed by atoms with van der Waals surface area (Å²) in [5.41, 5.74) is 8.23. The van der Waals surface area contributed by atoms with Crippen LogP contribution in [-0.4, -0.2) is 23.8 Å². The molecule has 6 heteroatoms. The van der Waals surface area contributed by atoms with Gasteiger partial charge in [-0.05, 0) is 29.6 Å². The molecular weight excluding hydrogens is 274 g/mol. The highest BCUT2D eigenvalue weighted by atomic mass is 32.1. The van der Waals surface area contributed by atoms with Gasteiger partial charge in [-0.15, -0.1) is 5.10 Å². The lowest BCUT2D eigenvalue weighted by Crippen LogP contribution is -2.14. The molecule has 1 aromatic heterocycles. The third-order valence-electron chi connectivity index (χ3n) is 3.15. The Morgan fingerprint density at radius 1 is 1.20 bits per heavy atom. The summed E-state index contributed by atoms with van der Waals surface area (Å²) in [5.74, 6) is 1.74. The Labute approximate surface area is 122 Å². The number of nitrogens with two attached hydrogens (primary N) is 1. The molecule has 0 fully saturated rings. The minimum Gasteiger partial charge on any atom is -0.497 e. The summed E-state index contributed by atoms with van der Waals surface area (Å²) < 4.78 is 14.6. The molecule has 20 heavy (non-hydrogen) atoms. The molecule has 108 valence electrons. The van der Waals surface area contributed by atoms with E-state index in [1.807, 2.05) is 18.2 Å². The summed E-state index contributed by atoms with van der Waals surface area (Å²) in [5, 5.41) is 4.17. The first kappa shape index (κ1) is 14.7. The van der Waals surface area contributed by atoms with Gasteiger partial charge in [0, 0.05) is 11.6 Å². The minimum atomic E-state index is -0.298. The summed E-state index contributed by atoms with van der Waals surface area (Å²) >= 11 is 1.34. The van der Waals surface area contributed by atoms with E-state index in [-0.39, 0.29) is 6.04 Å². The lowest BCUT2D eigenvalue weighted by atomic mass is 10.00. The number of rotatable bonds is 5. The number of hydrogen-bond donors (Lipinski definition) is 1. The van der Waals surface area contributed by atoms with Crippen LogP contribution in [0.4, 0.5) is 0 Å². The molecule has 0 aliphatic heterocycles. The van der Waals surface area contributed by atoms with E-state index in [9.17, 15) is 0 Å². The maximum Gasteiger partial charge on any atom is 0.127 e. The third-order valence-corrected chi connectivity index (χ3v) is 3.97. The van der Waals surface area contributed by atoms with Crippen LogP contribution in [0.15, 0.2) is 18.2 Å².